The van der Waals surface area contributed by atoms with E-state index in [0.29, 0.717) is 0 Å². The summed E-state index contributed by atoms with van der Waals surface area (Å²) in [6.07, 6.45) is 2.07. The van der Waals surface area contributed by atoms with Gasteiger partial charge in [-0.2, -0.15) is 0 Å². The summed E-state index contributed by atoms with van der Waals surface area (Å²) in [5.41, 5.74) is 0.971. The third-order valence-electron chi connectivity index (χ3n) is 2.71. The number of rotatable bonds is 6. The Balaban J connectivity index is 2.10. The third kappa shape index (κ3) is 5.01. The topological polar surface area (TPSA) is 47.0 Å². The lowest BCUT2D eigenvalue weighted by Crippen LogP contribution is -2.05. The summed E-state index contributed by atoms with van der Waals surface area (Å²) in [7, 11) is 0. The van der Waals surface area contributed by atoms with E-state index >= 15 is 0 Å². The number of hydrogen-bond donors (Lipinski definition) is 1. The molecule has 2 rings (SSSR count). The Morgan fingerprint density at radius 1 is 1.19 bits per heavy atom. The number of aromatic nitrogens is 2. The molecule has 0 unspecified atom stereocenters. The van der Waals surface area contributed by atoms with Crippen molar-refractivity contribution in [3.63, 3.8) is 0 Å². The second-order valence-corrected chi connectivity index (χ2v) is 5.87. The zero-order chi connectivity index (χ0) is 15.2. The highest BCUT2D eigenvalue weighted by Gasteiger charge is 2.04. The van der Waals surface area contributed by atoms with Crippen molar-refractivity contribution in [2.45, 2.75) is 39.7 Å². The van der Waals surface area contributed by atoms with Crippen LogP contribution in [0.3, 0.4) is 0 Å². The molecule has 0 saturated heterocycles. The van der Waals surface area contributed by atoms with Gasteiger partial charge in [-0.25, -0.2) is 9.97 Å². The molecule has 21 heavy (non-hydrogen) atoms. The molecule has 0 spiro atoms. The van der Waals surface area contributed by atoms with Gasteiger partial charge in [0, 0.05) is 18.2 Å². The number of benzene rings is 1. The Kier molecular flexibility index (Phi) is 5.56. The molecule has 5 heteroatoms. The number of anilines is 2. The van der Waals surface area contributed by atoms with Crippen LogP contribution in [0.25, 0.3) is 0 Å². The van der Waals surface area contributed by atoms with E-state index in [1.807, 2.05) is 44.2 Å². The number of aryl methyl sites for hydroxylation is 1. The molecule has 1 aromatic carbocycles. The highest BCUT2D eigenvalue weighted by Crippen LogP contribution is 2.21. The van der Waals surface area contributed by atoms with E-state index in [2.05, 4.69) is 38.1 Å². The minimum absolute atomic E-state index is 0.179. The number of hydrogen-bond acceptors (Lipinski definition) is 4. The number of halogens is 1. The lowest BCUT2D eigenvalue weighted by atomic mass is 10.3. The molecule has 0 saturated carbocycles. The van der Waals surface area contributed by atoms with Crippen molar-refractivity contribution in [1.82, 2.24) is 9.97 Å². The first kappa shape index (κ1) is 15.8. The van der Waals surface area contributed by atoms with E-state index in [9.17, 15) is 0 Å². The molecule has 1 aromatic heterocycles. The van der Waals surface area contributed by atoms with Gasteiger partial charge in [-0.05, 0) is 60.5 Å². The Morgan fingerprint density at radius 2 is 1.90 bits per heavy atom. The molecule has 0 atom stereocenters. The normalized spacial score (nSPS) is 10.7. The smallest absolute Gasteiger partial charge is 0.135 e. The third-order valence-corrected chi connectivity index (χ3v) is 3.12. The van der Waals surface area contributed by atoms with Crippen LogP contribution in [-0.4, -0.2) is 16.1 Å². The highest BCUT2D eigenvalue weighted by molar-refractivity contribution is 9.10. The van der Waals surface area contributed by atoms with Crippen LogP contribution in [0.5, 0.6) is 5.75 Å². The molecule has 1 N–H and O–H groups in total. The molecular weight excluding hydrogens is 330 g/mol. The van der Waals surface area contributed by atoms with Crippen LogP contribution in [0.1, 0.15) is 33.0 Å². The summed E-state index contributed by atoms with van der Waals surface area (Å²) in [6, 6.07) is 9.73. The summed E-state index contributed by atoms with van der Waals surface area (Å²) in [5.74, 6) is 2.50. The van der Waals surface area contributed by atoms with Crippen molar-refractivity contribution in [2.75, 3.05) is 5.32 Å². The fourth-order valence-corrected chi connectivity index (χ4v) is 2.32. The zero-order valence-electron chi connectivity index (χ0n) is 12.6. The van der Waals surface area contributed by atoms with Gasteiger partial charge in [-0.1, -0.05) is 6.92 Å². The summed E-state index contributed by atoms with van der Waals surface area (Å²) in [4.78, 5) is 8.86. The molecule has 1 heterocycles. The minimum atomic E-state index is 0.179. The summed E-state index contributed by atoms with van der Waals surface area (Å²) >= 11 is 3.42. The first-order chi connectivity index (χ1) is 10.1. The Hall–Kier alpha value is -1.62. The molecule has 0 amide bonds. The van der Waals surface area contributed by atoms with Crippen LogP contribution in [0, 0.1) is 0 Å². The van der Waals surface area contributed by atoms with E-state index in [1.165, 1.54) is 0 Å². The van der Waals surface area contributed by atoms with Crippen molar-refractivity contribution in [3.05, 3.63) is 40.8 Å². The maximum atomic E-state index is 5.63. The molecule has 0 aliphatic heterocycles. The maximum Gasteiger partial charge on any atom is 0.135 e. The Morgan fingerprint density at radius 3 is 2.52 bits per heavy atom. The van der Waals surface area contributed by atoms with Gasteiger partial charge in [0.05, 0.1) is 6.10 Å². The van der Waals surface area contributed by atoms with Crippen LogP contribution in [-0.2, 0) is 6.42 Å². The van der Waals surface area contributed by atoms with Gasteiger partial charge in [-0.15, -0.1) is 0 Å². The zero-order valence-corrected chi connectivity index (χ0v) is 14.1. The molecule has 0 aliphatic carbocycles. The van der Waals surface area contributed by atoms with Crippen molar-refractivity contribution in [3.8, 4) is 5.75 Å². The Bertz CT molecular complexity index is 585. The second kappa shape index (κ2) is 7.41. The van der Waals surface area contributed by atoms with Crippen LogP contribution in [0.4, 0.5) is 11.5 Å². The SMILES string of the molecule is CCCc1nc(Br)cc(Nc2ccc(OC(C)C)cc2)n1. The van der Waals surface area contributed by atoms with Gasteiger partial charge in [-0.3, -0.25) is 0 Å². The molecule has 4 nitrogen and oxygen atoms in total. The van der Waals surface area contributed by atoms with Crippen molar-refractivity contribution >= 4 is 27.4 Å². The molecule has 0 bridgehead atoms. The van der Waals surface area contributed by atoms with Gasteiger partial charge in [0.25, 0.3) is 0 Å². The molecule has 2 aromatic rings. The van der Waals surface area contributed by atoms with Crippen molar-refractivity contribution in [2.24, 2.45) is 0 Å². The predicted molar refractivity (Wildman–Crippen MR) is 89.2 cm³/mol. The number of ether oxygens (including phenoxy) is 1. The lowest BCUT2D eigenvalue weighted by Gasteiger charge is -2.11. The number of nitrogens with zero attached hydrogens (tertiary/aromatic N) is 2. The van der Waals surface area contributed by atoms with Crippen molar-refractivity contribution < 1.29 is 4.74 Å². The fraction of sp³-hybridized carbons (Fsp3) is 0.375. The van der Waals surface area contributed by atoms with Gasteiger partial charge in [0.1, 0.15) is 22.0 Å². The molecule has 0 fully saturated rings. The maximum absolute atomic E-state index is 5.63. The highest BCUT2D eigenvalue weighted by atomic mass is 79.9. The van der Waals surface area contributed by atoms with E-state index in [-0.39, 0.29) is 6.10 Å². The Labute approximate surface area is 134 Å². The number of nitrogens with one attached hydrogen (secondary N) is 1. The largest absolute Gasteiger partial charge is 0.491 e. The first-order valence-corrected chi connectivity index (χ1v) is 7.93. The van der Waals surface area contributed by atoms with Gasteiger partial charge < -0.3 is 10.1 Å². The average molecular weight is 350 g/mol. The van der Waals surface area contributed by atoms with Gasteiger partial charge >= 0.3 is 0 Å². The quantitative estimate of drug-likeness (QED) is 0.766. The summed E-state index contributed by atoms with van der Waals surface area (Å²) in [5, 5.41) is 3.29. The molecule has 112 valence electrons. The lowest BCUT2D eigenvalue weighted by molar-refractivity contribution is 0.242. The second-order valence-electron chi connectivity index (χ2n) is 5.06. The predicted octanol–water partition coefficient (Wildman–Crippen LogP) is 4.72. The van der Waals surface area contributed by atoms with E-state index in [0.717, 1.165) is 40.5 Å². The van der Waals surface area contributed by atoms with E-state index in [1.54, 1.807) is 0 Å². The fourth-order valence-electron chi connectivity index (χ4n) is 1.90. The van der Waals surface area contributed by atoms with Crippen LogP contribution < -0.4 is 10.1 Å². The summed E-state index contributed by atoms with van der Waals surface area (Å²) in [6.45, 7) is 6.14. The van der Waals surface area contributed by atoms with Crippen LogP contribution in [0.15, 0.2) is 34.9 Å². The monoisotopic (exact) mass is 349 g/mol. The van der Waals surface area contributed by atoms with Crippen molar-refractivity contribution in [1.29, 1.82) is 0 Å². The minimum Gasteiger partial charge on any atom is -0.491 e. The van der Waals surface area contributed by atoms with Crippen LogP contribution in [0.2, 0.25) is 0 Å². The van der Waals surface area contributed by atoms with Gasteiger partial charge in [0.2, 0.25) is 0 Å². The van der Waals surface area contributed by atoms with E-state index < -0.39 is 0 Å². The standard InChI is InChI=1S/C16H20BrN3O/c1-4-5-15-19-14(17)10-16(20-15)18-12-6-8-13(9-7-12)21-11(2)3/h6-11H,4-5H2,1-3H3,(H,18,19,20). The molecular formula is C16H20BrN3O. The first-order valence-electron chi connectivity index (χ1n) is 7.14. The summed E-state index contributed by atoms with van der Waals surface area (Å²) < 4.78 is 6.42. The molecule has 0 aliphatic rings. The van der Waals surface area contributed by atoms with Gasteiger partial charge in [0.15, 0.2) is 0 Å². The van der Waals surface area contributed by atoms with E-state index in [4.69, 9.17) is 4.74 Å². The molecule has 0 radical (unpaired) electrons. The van der Waals surface area contributed by atoms with Crippen LogP contribution >= 0.6 is 15.9 Å². The average Bonchev–Trinajstić information content (AvgIpc) is 2.40.